The van der Waals surface area contributed by atoms with Gasteiger partial charge in [-0.05, 0) is 6.92 Å². The highest BCUT2D eigenvalue weighted by atomic mass is 32.1. The number of thiol groups is 1. The molecule has 0 aromatic carbocycles. The van der Waals surface area contributed by atoms with Crippen LogP contribution in [0.15, 0.2) is 0 Å². The largest absolute Gasteiger partial charge is 0.462 e. The molecule has 0 saturated carbocycles. The molecule has 0 aliphatic carbocycles. The van der Waals surface area contributed by atoms with Crippen molar-refractivity contribution in [2.24, 2.45) is 0 Å². The predicted octanol–water partition coefficient (Wildman–Crippen LogP) is 0.817. The Hall–Kier alpha value is -0.250. The molecule has 1 unspecified atom stereocenters. The first kappa shape index (κ1) is 8.75. The van der Waals surface area contributed by atoms with Gasteiger partial charge in [0.1, 0.15) is 13.3 Å². The molecule has 9 heavy (non-hydrogen) atoms. The van der Waals surface area contributed by atoms with Crippen molar-refractivity contribution in [2.45, 2.75) is 12.2 Å². The first-order valence-electron chi connectivity index (χ1n) is 2.59. The van der Waals surface area contributed by atoms with Gasteiger partial charge in [-0.1, -0.05) is 0 Å². The smallest absolute Gasteiger partial charge is 0.318 e. The second-order valence-electron chi connectivity index (χ2n) is 1.53. The molecule has 0 rings (SSSR count). The number of esters is 1. The van der Waals surface area contributed by atoms with E-state index in [1.807, 2.05) is 0 Å². The fourth-order valence-corrected chi connectivity index (χ4v) is 0.334. The van der Waals surface area contributed by atoms with Gasteiger partial charge in [-0.15, -0.1) is 0 Å². The normalized spacial score (nSPS) is 12.8. The molecule has 0 radical (unpaired) electrons. The van der Waals surface area contributed by atoms with Crippen LogP contribution in [0, 0.1) is 0 Å². The summed E-state index contributed by atoms with van der Waals surface area (Å²) in [5.74, 6) is -0.476. The van der Waals surface area contributed by atoms with E-state index >= 15 is 0 Å². The minimum absolute atomic E-state index is 0.163. The van der Waals surface area contributed by atoms with Crippen molar-refractivity contribution in [3.8, 4) is 0 Å². The molecule has 2 nitrogen and oxygen atoms in total. The lowest BCUT2D eigenvalue weighted by molar-refractivity contribution is -0.142. The predicted molar refractivity (Wildman–Crippen MR) is 35.4 cm³/mol. The second-order valence-corrected chi connectivity index (χ2v) is 2.31. The van der Waals surface area contributed by atoms with Crippen molar-refractivity contribution in [2.75, 3.05) is 13.3 Å². The van der Waals surface area contributed by atoms with Crippen molar-refractivity contribution in [3.63, 3.8) is 0 Å². The number of rotatable bonds is 3. The van der Waals surface area contributed by atoms with Crippen molar-refractivity contribution in [1.29, 1.82) is 0 Å². The van der Waals surface area contributed by atoms with E-state index in [0.717, 1.165) is 0 Å². The Labute approximate surface area is 58.8 Å². The van der Waals surface area contributed by atoms with E-state index in [4.69, 9.17) is 0 Å². The lowest BCUT2D eigenvalue weighted by Crippen LogP contribution is -2.15. The Morgan fingerprint density at radius 3 is 2.78 bits per heavy atom. The van der Waals surface area contributed by atoms with Crippen LogP contribution in [-0.4, -0.2) is 24.5 Å². The van der Waals surface area contributed by atoms with Gasteiger partial charge in [0.05, 0.1) is 5.25 Å². The molecule has 0 heterocycles. The number of carbonyl (C=O) groups excluding carboxylic acids is 1. The molecule has 0 fully saturated rings. The Bertz CT molecular complexity index is 95.0. The minimum atomic E-state index is -0.633. The highest BCUT2D eigenvalue weighted by molar-refractivity contribution is 7.81. The van der Waals surface area contributed by atoms with E-state index in [2.05, 4.69) is 17.4 Å². The van der Waals surface area contributed by atoms with E-state index < -0.39 is 17.9 Å². The lowest BCUT2D eigenvalue weighted by Gasteiger charge is -2.02. The third kappa shape index (κ3) is 4.27. The van der Waals surface area contributed by atoms with Crippen molar-refractivity contribution in [3.05, 3.63) is 0 Å². The van der Waals surface area contributed by atoms with Crippen LogP contribution in [0.5, 0.6) is 0 Å². The maximum Gasteiger partial charge on any atom is 0.318 e. The van der Waals surface area contributed by atoms with Crippen LogP contribution in [0.3, 0.4) is 0 Å². The summed E-state index contributed by atoms with van der Waals surface area (Å²) in [7, 11) is 0. The average Bonchev–Trinajstić information content (AvgIpc) is 1.82. The van der Waals surface area contributed by atoms with Crippen LogP contribution in [0.1, 0.15) is 6.92 Å². The van der Waals surface area contributed by atoms with Crippen LogP contribution in [0.2, 0.25) is 0 Å². The quantitative estimate of drug-likeness (QED) is 0.478. The Kier molecular flexibility index (Phi) is 4.48. The minimum Gasteiger partial charge on any atom is -0.462 e. The monoisotopic (exact) mass is 152 g/mol. The van der Waals surface area contributed by atoms with Gasteiger partial charge < -0.3 is 4.74 Å². The fourth-order valence-electron chi connectivity index (χ4n) is 0.260. The zero-order chi connectivity index (χ0) is 7.28. The summed E-state index contributed by atoms with van der Waals surface area (Å²) in [6.45, 7) is 0.777. The molecular formula is C5H9FO2S. The summed E-state index contributed by atoms with van der Waals surface area (Å²) < 4.78 is 15.7. The summed E-state index contributed by atoms with van der Waals surface area (Å²) in [6.07, 6.45) is 0. The van der Waals surface area contributed by atoms with Gasteiger partial charge in [0.15, 0.2) is 0 Å². The van der Waals surface area contributed by atoms with E-state index in [0.29, 0.717) is 0 Å². The molecule has 0 N–H and O–H groups in total. The number of hydrogen-bond acceptors (Lipinski definition) is 3. The third-order valence-corrected chi connectivity index (χ3v) is 0.873. The number of alkyl halides is 1. The number of hydrogen-bond donors (Lipinski definition) is 1. The van der Waals surface area contributed by atoms with E-state index in [9.17, 15) is 9.18 Å². The number of halogens is 1. The Morgan fingerprint density at radius 2 is 2.44 bits per heavy atom. The number of ether oxygens (including phenoxy) is 1. The summed E-state index contributed by atoms with van der Waals surface area (Å²) in [4.78, 5) is 10.4. The third-order valence-electron chi connectivity index (χ3n) is 0.663. The molecule has 4 heteroatoms. The molecule has 1 atom stereocenters. The van der Waals surface area contributed by atoms with Gasteiger partial charge in [0.25, 0.3) is 0 Å². The highest BCUT2D eigenvalue weighted by Gasteiger charge is 2.07. The van der Waals surface area contributed by atoms with Crippen LogP contribution in [0.4, 0.5) is 4.39 Å². The second kappa shape index (κ2) is 4.61. The van der Waals surface area contributed by atoms with Gasteiger partial charge >= 0.3 is 5.97 Å². The molecule has 0 aliphatic heterocycles. The van der Waals surface area contributed by atoms with Crippen molar-refractivity contribution >= 4 is 18.6 Å². The molecule has 0 aromatic rings. The Balaban J connectivity index is 3.28. The van der Waals surface area contributed by atoms with Gasteiger partial charge in [-0.25, -0.2) is 4.39 Å². The molecular weight excluding hydrogens is 143 g/mol. The van der Waals surface area contributed by atoms with Gasteiger partial charge in [-0.2, -0.15) is 12.6 Å². The highest BCUT2D eigenvalue weighted by Crippen LogP contribution is 1.94. The first-order chi connectivity index (χ1) is 4.18. The molecule has 54 valence electrons. The molecule has 0 aromatic heterocycles. The molecule has 0 bridgehead atoms. The zero-order valence-corrected chi connectivity index (χ0v) is 6.03. The standard InChI is InChI=1S/C5H9FO2S/c1-4(9)5(7)8-3-2-6/h4,9H,2-3H2,1H3. The molecule has 0 spiro atoms. The van der Waals surface area contributed by atoms with E-state index in [-0.39, 0.29) is 6.61 Å². The SMILES string of the molecule is CC(S)C(=O)OCCF. The maximum absolute atomic E-state index is 11.3. The summed E-state index contributed by atoms with van der Waals surface area (Å²) in [5.41, 5.74) is 0. The molecule has 0 amide bonds. The Morgan fingerprint density at radius 1 is 1.89 bits per heavy atom. The van der Waals surface area contributed by atoms with E-state index in [1.54, 1.807) is 6.92 Å². The fraction of sp³-hybridized carbons (Fsp3) is 0.800. The summed E-state index contributed by atoms with van der Waals surface area (Å²) >= 11 is 3.77. The molecule has 0 saturated heterocycles. The maximum atomic E-state index is 11.3. The lowest BCUT2D eigenvalue weighted by atomic mass is 10.5. The van der Waals surface area contributed by atoms with Crippen molar-refractivity contribution in [1.82, 2.24) is 0 Å². The zero-order valence-electron chi connectivity index (χ0n) is 5.13. The van der Waals surface area contributed by atoms with Gasteiger partial charge in [0.2, 0.25) is 0 Å². The average molecular weight is 152 g/mol. The van der Waals surface area contributed by atoms with Crippen LogP contribution >= 0.6 is 12.6 Å². The number of carbonyl (C=O) groups is 1. The molecule has 0 aliphatic rings. The topological polar surface area (TPSA) is 26.3 Å². The van der Waals surface area contributed by atoms with Crippen molar-refractivity contribution < 1.29 is 13.9 Å². The summed E-state index contributed by atoms with van der Waals surface area (Å²) in [6, 6.07) is 0. The van der Waals surface area contributed by atoms with Gasteiger partial charge in [-0.3, -0.25) is 4.79 Å². The first-order valence-corrected chi connectivity index (χ1v) is 3.10. The van der Waals surface area contributed by atoms with Gasteiger partial charge in [0, 0.05) is 0 Å². The van der Waals surface area contributed by atoms with Crippen LogP contribution in [0.25, 0.3) is 0 Å². The van der Waals surface area contributed by atoms with E-state index in [1.165, 1.54) is 0 Å². The van der Waals surface area contributed by atoms with Crippen LogP contribution in [-0.2, 0) is 9.53 Å². The summed E-state index contributed by atoms with van der Waals surface area (Å²) in [5, 5.41) is -0.462. The van der Waals surface area contributed by atoms with Crippen LogP contribution < -0.4 is 0 Å².